The number of fused-ring (bicyclic) bond motifs is 1. The van der Waals surface area contributed by atoms with Gasteiger partial charge in [-0.3, -0.25) is 4.98 Å². The van der Waals surface area contributed by atoms with Crippen LogP contribution in [0.25, 0.3) is 10.9 Å². The van der Waals surface area contributed by atoms with E-state index in [9.17, 15) is 4.39 Å². The highest BCUT2D eigenvalue weighted by molar-refractivity contribution is 5.82. The molecule has 1 aromatic carbocycles. The molecule has 0 saturated carbocycles. The number of rotatable bonds is 1. The van der Waals surface area contributed by atoms with Gasteiger partial charge < -0.3 is 0 Å². The number of pyridine rings is 1. The Hall–Kier alpha value is -1.44. The molecule has 0 spiro atoms. The fourth-order valence-electron chi connectivity index (χ4n) is 1.73. The maximum atomic E-state index is 13.5. The van der Waals surface area contributed by atoms with Crippen LogP contribution >= 0.6 is 0 Å². The van der Waals surface area contributed by atoms with E-state index in [1.165, 1.54) is 6.20 Å². The van der Waals surface area contributed by atoms with Gasteiger partial charge in [0, 0.05) is 10.9 Å². The Morgan fingerprint density at radius 2 is 1.93 bits per heavy atom. The number of hydrogen-bond acceptors (Lipinski definition) is 1. The lowest BCUT2D eigenvalue weighted by Crippen LogP contribution is -1.96. The van der Waals surface area contributed by atoms with Gasteiger partial charge in [0.25, 0.3) is 0 Å². The van der Waals surface area contributed by atoms with E-state index in [0.29, 0.717) is 0 Å². The summed E-state index contributed by atoms with van der Waals surface area (Å²) < 4.78 is 13.5. The van der Waals surface area contributed by atoms with Gasteiger partial charge in [-0.1, -0.05) is 32.0 Å². The summed E-state index contributed by atoms with van der Waals surface area (Å²) in [6.07, 6.45) is 1.30. The van der Waals surface area contributed by atoms with E-state index < -0.39 is 0 Å². The summed E-state index contributed by atoms with van der Waals surface area (Å²) in [6.45, 7) is 3.98. The monoisotopic (exact) mass is 189 g/mol. The zero-order valence-corrected chi connectivity index (χ0v) is 8.29. The molecular formula is C12H12FN. The number of aromatic nitrogens is 1. The molecular weight excluding hydrogens is 177 g/mol. The highest BCUT2D eigenvalue weighted by Crippen LogP contribution is 2.26. The highest BCUT2D eigenvalue weighted by atomic mass is 19.1. The lowest BCUT2D eigenvalue weighted by molar-refractivity contribution is 0.597. The summed E-state index contributed by atoms with van der Waals surface area (Å²) in [5.74, 6) is -0.0263. The van der Waals surface area contributed by atoms with Crippen LogP contribution in [0, 0.1) is 5.82 Å². The first-order valence-electron chi connectivity index (χ1n) is 4.73. The van der Waals surface area contributed by atoms with Crippen LogP contribution < -0.4 is 0 Å². The number of para-hydroxylation sites is 1. The van der Waals surface area contributed by atoms with Crippen molar-refractivity contribution in [3.63, 3.8) is 0 Å². The van der Waals surface area contributed by atoms with Crippen molar-refractivity contribution in [1.82, 2.24) is 4.98 Å². The third kappa shape index (κ3) is 1.37. The Kier molecular flexibility index (Phi) is 2.20. The number of benzene rings is 1. The Morgan fingerprint density at radius 1 is 1.21 bits per heavy atom. The fraction of sp³-hybridized carbons (Fsp3) is 0.250. The zero-order valence-electron chi connectivity index (χ0n) is 8.29. The molecule has 0 unspecified atom stereocenters. The summed E-state index contributed by atoms with van der Waals surface area (Å²) in [4.78, 5) is 4.05. The highest BCUT2D eigenvalue weighted by Gasteiger charge is 2.11. The molecule has 0 aliphatic heterocycles. The number of nitrogens with zero attached hydrogens (tertiary/aromatic N) is 1. The van der Waals surface area contributed by atoms with E-state index in [0.717, 1.165) is 16.5 Å². The van der Waals surface area contributed by atoms with Gasteiger partial charge in [0.2, 0.25) is 0 Å². The van der Waals surface area contributed by atoms with Crippen LogP contribution in [0.1, 0.15) is 25.3 Å². The van der Waals surface area contributed by atoms with Crippen molar-refractivity contribution < 1.29 is 4.39 Å². The standard InChI is InChI=1S/C12H12FN/c1-8(2)12-9-5-3-4-6-11(9)14-7-10(12)13/h3-8H,1-2H3. The van der Waals surface area contributed by atoms with Gasteiger partial charge in [-0.15, -0.1) is 0 Å². The summed E-state index contributed by atoms with van der Waals surface area (Å²) >= 11 is 0. The van der Waals surface area contributed by atoms with Crippen molar-refractivity contribution in [2.24, 2.45) is 0 Å². The molecule has 2 rings (SSSR count). The SMILES string of the molecule is CC(C)c1c(F)cnc2ccccc12. The quantitative estimate of drug-likeness (QED) is 0.669. The molecule has 0 saturated heterocycles. The van der Waals surface area contributed by atoms with Crippen LogP contribution in [-0.2, 0) is 0 Å². The average molecular weight is 189 g/mol. The minimum Gasteiger partial charge on any atom is -0.253 e. The van der Waals surface area contributed by atoms with E-state index in [4.69, 9.17) is 0 Å². The second-order valence-electron chi connectivity index (χ2n) is 3.69. The Balaban J connectivity index is 2.83. The van der Waals surface area contributed by atoms with Crippen LogP contribution in [0.15, 0.2) is 30.5 Å². The van der Waals surface area contributed by atoms with Gasteiger partial charge in [0.05, 0.1) is 11.7 Å². The summed E-state index contributed by atoms with van der Waals surface area (Å²) in [6, 6.07) is 7.65. The smallest absolute Gasteiger partial charge is 0.145 e. The molecule has 0 fully saturated rings. The van der Waals surface area contributed by atoms with Gasteiger partial charge in [-0.2, -0.15) is 0 Å². The molecule has 0 aliphatic carbocycles. The van der Waals surface area contributed by atoms with Crippen molar-refractivity contribution in [3.05, 3.63) is 41.8 Å². The fourth-order valence-corrected chi connectivity index (χ4v) is 1.73. The van der Waals surface area contributed by atoms with E-state index in [2.05, 4.69) is 4.98 Å². The molecule has 0 atom stereocenters. The summed E-state index contributed by atoms with van der Waals surface area (Å²) in [5.41, 5.74) is 1.62. The minimum absolute atomic E-state index is 0.183. The molecule has 0 N–H and O–H groups in total. The van der Waals surface area contributed by atoms with Crippen molar-refractivity contribution in [3.8, 4) is 0 Å². The number of halogens is 1. The third-order valence-electron chi connectivity index (χ3n) is 2.35. The van der Waals surface area contributed by atoms with E-state index in [-0.39, 0.29) is 11.7 Å². The Bertz CT molecular complexity index is 463. The molecule has 2 aromatic rings. The van der Waals surface area contributed by atoms with Gasteiger partial charge >= 0.3 is 0 Å². The van der Waals surface area contributed by atoms with Gasteiger partial charge in [-0.05, 0) is 12.0 Å². The molecule has 14 heavy (non-hydrogen) atoms. The predicted molar refractivity (Wildman–Crippen MR) is 55.8 cm³/mol. The minimum atomic E-state index is -0.210. The molecule has 2 heteroatoms. The molecule has 1 nitrogen and oxygen atoms in total. The molecule has 0 bridgehead atoms. The molecule has 72 valence electrons. The van der Waals surface area contributed by atoms with E-state index >= 15 is 0 Å². The first kappa shape index (κ1) is 9.13. The maximum absolute atomic E-state index is 13.5. The Morgan fingerprint density at radius 3 is 2.64 bits per heavy atom. The molecule has 0 radical (unpaired) electrons. The van der Waals surface area contributed by atoms with Crippen LogP contribution in [0.3, 0.4) is 0 Å². The maximum Gasteiger partial charge on any atom is 0.145 e. The van der Waals surface area contributed by atoms with Gasteiger partial charge in [0.15, 0.2) is 0 Å². The largest absolute Gasteiger partial charge is 0.253 e. The first-order valence-corrected chi connectivity index (χ1v) is 4.73. The summed E-state index contributed by atoms with van der Waals surface area (Å²) in [5, 5.41) is 0.919. The lowest BCUT2D eigenvalue weighted by atomic mass is 9.98. The second kappa shape index (κ2) is 3.37. The summed E-state index contributed by atoms with van der Waals surface area (Å²) in [7, 11) is 0. The van der Waals surface area contributed by atoms with Crippen LogP contribution in [-0.4, -0.2) is 4.98 Å². The number of hydrogen-bond donors (Lipinski definition) is 0. The van der Waals surface area contributed by atoms with Crippen LogP contribution in [0.5, 0.6) is 0 Å². The van der Waals surface area contributed by atoms with Gasteiger partial charge in [-0.25, -0.2) is 4.39 Å². The predicted octanol–water partition coefficient (Wildman–Crippen LogP) is 3.50. The second-order valence-corrected chi connectivity index (χ2v) is 3.69. The zero-order chi connectivity index (χ0) is 10.1. The first-order chi connectivity index (χ1) is 6.70. The molecule has 1 aromatic heterocycles. The van der Waals surface area contributed by atoms with E-state index in [1.54, 1.807) is 0 Å². The molecule has 1 heterocycles. The van der Waals surface area contributed by atoms with E-state index in [1.807, 2.05) is 38.1 Å². The van der Waals surface area contributed by atoms with Crippen LogP contribution in [0.2, 0.25) is 0 Å². The normalized spacial score (nSPS) is 11.1. The molecule has 0 aliphatic rings. The van der Waals surface area contributed by atoms with Gasteiger partial charge in [0.1, 0.15) is 5.82 Å². The third-order valence-corrected chi connectivity index (χ3v) is 2.35. The average Bonchev–Trinajstić information content (AvgIpc) is 2.17. The van der Waals surface area contributed by atoms with Crippen molar-refractivity contribution >= 4 is 10.9 Å². The Labute approximate surface area is 82.6 Å². The lowest BCUT2D eigenvalue weighted by Gasteiger charge is -2.10. The van der Waals surface area contributed by atoms with Crippen molar-refractivity contribution in [2.45, 2.75) is 19.8 Å². The van der Waals surface area contributed by atoms with Crippen LogP contribution in [0.4, 0.5) is 4.39 Å². The molecule has 0 amide bonds. The topological polar surface area (TPSA) is 12.9 Å². The van der Waals surface area contributed by atoms with Crippen molar-refractivity contribution in [2.75, 3.05) is 0 Å². The van der Waals surface area contributed by atoms with Crippen molar-refractivity contribution in [1.29, 1.82) is 0 Å².